The van der Waals surface area contributed by atoms with Crippen LogP contribution in [-0.4, -0.2) is 15.7 Å². The predicted molar refractivity (Wildman–Crippen MR) is 93.3 cm³/mol. The second-order valence-corrected chi connectivity index (χ2v) is 6.12. The maximum Gasteiger partial charge on any atom is 0.224 e. The van der Waals surface area contributed by atoms with Crippen molar-refractivity contribution in [2.24, 2.45) is 0 Å². The van der Waals surface area contributed by atoms with E-state index in [4.69, 9.17) is 0 Å². The Morgan fingerprint density at radius 2 is 1.78 bits per heavy atom. The summed E-state index contributed by atoms with van der Waals surface area (Å²) in [5.41, 5.74) is 2.96. The molecule has 0 atom stereocenters. The Hall–Kier alpha value is -2.40. The zero-order chi connectivity index (χ0) is 16.1. The molecule has 0 saturated heterocycles. The van der Waals surface area contributed by atoms with E-state index in [0.29, 0.717) is 13.0 Å². The molecule has 116 valence electrons. The van der Waals surface area contributed by atoms with E-state index in [1.54, 1.807) is 10.9 Å². The zero-order valence-corrected chi connectivity index (χ0v) is 14.0. The van der Waals surface area contributed by atoms with E-state index in [2.05, 4.69) is 26.3 Å². The Kier molecular flexibility index (Phi) is 4.88. The Labute approximate surface area is 143 Å². The number of benzene rings is 2. The summed E-state index contributed by atoms with van der Waals surface area (Å²) in [6.07, 6.45) is 4.07. The number of nitrogens with zero attached hydrogens (tertiary/aromatic N) is 2. The third-order valence-electron chi connectivity index (χ3n) is 3.42. The maximum absolute atomic E-state index is 12.0. The highest BCUT2D eigenvalue weighted by Gasteiger charge is 2.05. The van der Waals surface area contributed by atoms with E-state index >= 15 is 0 Å². The number of hydrogen-bond acceptors (Lipinski definition) is 2. The van der Waals surface area contributed by atoms with Crippen LogP contribution < -0.4 is 5.32 Å². The lowest BCUT2D eigenvalue weighted by Gasteiger charge is -2.04. The lowest BCUT2D eigenvalue weighted by molar-refractivity contribution is -0.120. The SMILES string of the molecule is O=C(Cc1ccc(Br)cc1)NCc1cnn(-c2ccccc2)c1. The third-order valence-corrected chi connectivity index (χ3v) is 3.95. The van der Waals surface area contributed by atoms with Gasteiger partial charge in [-0.3, -0.25) is 4.79 Å². The van der Waals surface area contributed by atoms with Crippen LogP contribution in [0, 0.1) is 0 Å². The van der Waals surface area contributed by atoms with Crippen LogP contribution in [0.4, 0.5) is 0 Å². The van der Waals surface area contributed by atoms with Crippen LogP contribution in [0.2, 0.25) is 0 Å². The van der Waals surface area contributed by atoms with Crippen molar-refractivity contribution < 1.29 is 4.79 Å². The zero-order valence-electron chi connectivity index (χ0n) is 12.4. The van der Waals surface area contributed by atoms with Gasteiger partial charge in [-0.05, 0) is 29.8 Å². The second kappa shape index (κ2) is 7.24. The van der Waals surface area contributed by atoms with Crippen LogP contribution in [0.25, 0.3) is 5.69 Å². The predicted octanol–water partition coefficient (Wildman–Crippen LogP) is 3.49. The molecule has 4 nitrogen and oxygen atoms in total. The molecular weight excluding hydrogens is 354 g/mol. The van der Waals surface area contributed by atoms with Crippen LogP contribution in [0.3, 0.4) is 0 Å². The number of para-hydroxylation sites is 1. The number of halogens is 1. The number of carbonyl (C=O) groups excluding carboxylic acids is 1. The topological polar surface area (TPSA) is 46.9 Å². The van der Waals surface area contributed by atoms with Crippen molar-refractivity contribution in [3.05, 3.63) is 82.6 Å². The van der Waals surface area contributed by atoms with Crippen molar-refractivity contribution in [3.8, 4) is 5.69 Å². The Bertz CT molecular complexity index is 782. The van der Waals surface area contributed by atoms with Gasteiger partial charge in [0.25, 0.3) is 0 Å². The monoisotopic (exact) mass is 369 g/mol. The molecule has 0 aliphatic carbocycles. The summed E-state index contributed by atoms with van der Waals surface area (Å²) >= 11 is 3.38. The first kappa shape index (κ1) is 15.5. The fraction of sp³-hybridized carbons (Fsp3) is 0.111. The molecule has 0 unspecified atom stereocenters. The van der Waals surface area contributed by atoms with Gasteiger partial charge in [-0.15, -0.1) is 0 Å². The van der Waals surface area contributed by atoms with Gasteiger partial charge in [0.15, 0.2) is 0 Å². The third kappa shape index (κ3) is 4.29. The molecule has 5 heteroatoms. The molecule has 1 heterocycles. The number of carbonyl (C=O) groups is 1. The summed E-state index contributed by atoms with van der Waals surface area (Å²) in [7, 11) is 0. The maximum atomic E-state index is 12.0. The first-order valence-electron chi connectivity index (χ1n) is 7.31. The van der Waals surface area contributed by atoms with Gasteiger partial charge in [-0.2, -0.15) is 5.10 Å². The summed E-state index contributed by atoms with van der Waals surface area (Å²) < 4.78 is 2.81. The molecule has 0 radical (unpaired) electrons. The van der Waals surface area contributed by atoms with Gasteiger partial charge in [0.05, 0.1) is 18.3 Å². The number of hydrogen-bond donors (Lipinski definition) is 1. The van der Waals surface area contributed by atoms with Gasteiger partial charge >= 0.3 is 0 Å². The van der Waals surface area contributed by atoms with Crippen molar-refractivity contribution in [2.45, 2.75) is 13.0 Å². The van der Waals surface area contributed by atoms with Gasteiger partial charge in [0.2, 0.25) is 5.91 Å². The summed E-state index contributed by atoms with van der Waals surface area (Å²) in [6.45, 7) is 0.474. The minimum Gasteiger partial charge on any atom is -0.352 e. The van der Waals surface area contributed by atoms with E-state index in [1.165, 1.54) is 0 Å². The average Bonchev–Trinajstić information content (AvgIpc) is 3.05. The number of nitrogens with one attached hydrogen (secondary N) is 1. The molecular formula is C18H16BrN3O. The van der Waals surface area contributed by atoms with E-state index in [0.717, 1.165) is 21.3 Å². The van der Waals surface area contributed by atoms with E-state index in [-0.39, 0.29) is 5.91 Å². The van der Waals surface area contributed by atoms with Crippen molar-refractivity contribution >= 4 is 21.8 Å². The van der Waals surface area contributed by atoms with E-state index in [9.17, 15) is 4.79 Å². The van der Waals surface area contributed by atoms with Gasteiger partial charge in [-0.1, -0.05) is 46.3 Å². The second-order valence-electron chi connectivity index (χ2n) is 5.21. The van der Waals surface area contributed by atoms with Crippen molar-refractivity contribution in [1.82, 2.24) is 15.1 Å². The standard InChI is InChI=1S/C18H16BrN3O/c19-16-8-6-14(7-9-16)10-18(23)20-11-15-12-21-22(13-15)17-4-2-1-3-5-17/h1-9,12-13H,10-11H2,(H,20,23). The molecule has 0 saturated carbocycles. The molecule has 1 aromatic heterocycles. The minimum atomic E-state index is -0.000200. The molecule has 2 aromatic carbocycles. The lowest BCUT2D eigenvalue weighted by Crippen LogP contribution is -2.24. The van der Waals surface area contributed by atoms with Crippen LogP contribution in [0.1, 0.15) is 11.1 Å². The highest BCUT2D eigenvalue weighted by Crippen LogP contribution is 2.11. The molecule has 3 rings (SSSR count). The Balaban J connectivity index is 1.55. The molecule has 3 aromatic rings. The summed E-state index contributed by atoms with van der Waals surface area (Å²) in [5.74, 6) is -0.000200. The molecule has 0 fully saturated rings. The fourth-order valence-electron chi connectivity index (χ4n) is 2.22. The molecule has 1 amide bonds. The van der Waals surface area contributed by atoms with Crippen LogP contribution in [0.5, 0.6) is 0 Å². The molecule has 1 N–H and O–H groups in total. The average molecular weight is 370 g/mol. The highest BCUT2D eigenvalue weighted by atomic mass is 79.9. The molecule has 0 aliphatic rings. The van der Waals surface area contributed by atoms with Gasteiger partial charge < -0.3 is 5.32 Å². The van der Waals surface area contributed by atoms with Crippen molar-refractivity contribution in [2.75, 3.05) is 0 Å². The van der Waals surface area contributed by atoms with Crippen molar-refractivity contribution in [3.63, 3.8) is 0 Å². The number of rotatable bonds is 5. The number of aromatic nitrogens is 2. The fourth-order valence-corrected chi connectivity index (χ4v) is 2.49. The van der Waals surface area contributed by atoms with Crippen LogP contribution in [-0.2, 0) is 17.8 Å². The largest absolute Gasteiger partial charge is 0.352 e. The number of amides is 1. The molecule has 0 aliphatic heterocycles. The molecule has 0 spiro atoms. The first-order valence-corrected chi connectivity index (χ1v) is 8.10. The van der Waals surface area contributed by atoms with Gasteiger partial charge in [0.1, 0.15) is 0 Å². The first-order chi connectivity index (χ1) is 11.2. The van der Waals surface area contributed by atoms with Crippen LogP contribution >= 0.6 is 15.9 Å². The Morgan fingerprint density at radius 3 is 2.52 bits per heavy atom. The smallest absolute Gasteiger partial charge is 0.224 e. The van der Waals surface area contributed by atoms with E-state index in [1.807, 2.05) is 60.8 Å². The minimum absolute atomic E-state index is 0.000200. The highest BCUT2D eigenvalue weighted by molar-refractivity contribution is 9.10. The lowest BCUT2D eigenvalue weighted by atomic mass is 10.1. The van der Waals surface area contributed by atoms with E-state index < -0.39 is 0 Å². The summed E-state index contributed by atoms with van der Waals surface area (Å²) in [4.78, 5) is 12.0. The summed E-state index contributed by atoms with van der Waals surface area (Å²) in [6, 6.07) is 17.6. The Morgan fingerprint density at radius 1 is 1.04 bits per heavy atom. The van der Waals surface area contributed by atoms with Gasteiger partial charge in [-0.25, -0.2) is 4.68 Å². The quantitative estimate of drug-likeness (QED) is 0.747. The molecule has 23 heavy (non-hydrogen) atoms. The van der Waals surface area contributed by atoms with Crippen molar-refractivity contribution in [1.29, 1.82) is 0 Å². The normalized spacial score (nSPS) is 10.5. The molecule has 0 bridgehead atoms. The van der Waals surface area contributed by atoms with Crippen LogP contribution in [0.15, 0.2) is 71.5 Å². The summed E-state index contributed by atoms with van der Waals surface area (Å²) in [5, 5.41) is 7.24. The van der Waals surface area contributed by atoms with Gasteiger partial charge in [0, 0.05) is 22.8 Å².